The van der Waals surface area contributed by atoms with Gasteiger partial charge in [-0.1, -0.05) is 11.6 Å². The lowest BCUT2D eigenvalue weighted by atomic mass is 10.3. The number of amides is 1. The Morgan fingerprint density at radius 2 is 2.26 bits per heavy atom. The van der Waals surface area contributed by atoms with Crippen LogP contribution in [0.5, 0.6) is 0 Å². The molecule has 1 aromatic heterocycles. The monoisotopic (exact) mass is 355 g/mol. The lowest BCUT2D eigenvalue weighted by Crippen LogP contribution is -2.20. The van der Waals surface area contributed by atoms with Gasteiger partial charge in [-0.05, 0) is 30.0 Å². The topological polar surface area (TPSA) is 65.4 Å². The van der Waals surface area contributed by atoms with Crippen LogP contribution in [0.3, 0.4) is 0 Å². The van der Waals surface area contributed by atoms with Gasteiger partial charge in [0.1, 0.15) is 6.61 Å². The third kappa shape index (κ3) is 5.54. The molecule has 0 spiro atoms. The molecule has 0 aliphatic heterocycles. The molecule has 0 bridgehead atoms. The van der Waals surface area contributed by atoms with Gasteiger partial charge in [0.2, 0.25) is 5.91 Å². The molecule has 2 rings (SSSR count). The fourth-order valence-electron chi connectivity index (χ4n) is 1.73. The van der Waals surface area contributed by atoms with E-state index in [0.29, 0.717) is 23.9 Å². The Labute approximate surface area is 144 Å². The summed E-state index contributed by atoms with van der Waals surface area (Å²) in [5.74, 6) is -0.245. The minimum atomic E-state index is -0.245. The van der Waals surface area contributed by atoms with Crippen molar-refractivity contribution in [1.29, 1.82) is 0 Å². The molecule has 2 aromatic rings. The van der Waals surface area contributed by atoms with Gasteiger partial charge in [-0.25, -0.2) is 4.98 Å². The van der Waals surface area contributed by atoms with Crippen molar-refractivity contribution in [2.75, 3.05) is 32.2 Å². The van der Waals surface area contributed by atoms with Crippen LogP contribution >= 0.6 is 23.4 Å². The van der Waals surface area contributed by atoms with Crippen LogP contribution < -0.4 is 5.32 Å². The number of hydrogen-bond donors (Lipinski definition) is 1. The molecule has 0 aliphatic rings. The van der Waals surface area contributed by atoms with Gasteiger partial charge in [0.25, 0.3) is 0 Å². The van der Waals surface area contributed by atoms with Crippen LogP contribution in [0.2, 0.25) is 5.02 Å². The zero-order valence-electron chi connectivity index (χ0n) is 12.9. The number of aryl methyl sites for hydroxylation is 1. The van der Waals surface area contributed by atoms with Gasteiger partial charge in [0.05, 0.1) is 18.9 Å². The first kappa shape index (κ1) is 17.8. The summed E-state index contributed by atoms with van der Waals surface area (Å²) < 4.78 is 12.0. The lowest BCUT2D eigenvalue weighted by Gasteiger charge is -2.11. The quantitative estimate of drug-likeness (QED) is 0.737. The number of ether oxygens (including phenoxy) is 2. The number of rotatable bonds is 8. The third-order valence-corrected chi connectivity index (χ3v) is 4.25. The van der Waals surface area contributed by atoms with Crippen molar-refractivity contribution in [3.05, 3.63) is 35.6 Å². The first-order chi connectivity index (χ1) is 11.1. The number of imidazole rings is 1. The summed E-state index contributed by atoms with van der Waals surface area (Å²) in [4.78, 5) is 17.1. The second-order valence-corrected chi connectivity index (χ2v) is 6.10. The summed E-state index contributed by atoms with van der Waals surface area (Å²) in [5.41, 5.74) is 0.630. The number of aromatic nitrogens is 2. The first-order valence-corrected chi connectivity index (χ1v) is 8.11. The molecule has 23 heavy (non-hydrogen) atoms. The van der Waals surface area contributed by atoms with Crippen LogP contribution in [0, 0.1) is 0 Å². The molecule has 1 N–H and O–H groups in total. The molecule has 0 atom stereocenters. The molecule has 0 aliphatic carbocycles. The highest BCUT2D eigenvalue weighted by Crippen LogP contribution is 2.34. The number of anilines is 1. The summed E-state index contributed by atoms with van der Waals surface area (Å²) in [7, 11) is 3.49. The molecule has 0 radical (unpaired) electrons. The number of carbonyl (C=O) groups excluding carboxylic acids is 1. The maximum absolute atomic E-state index is 12.0. The highest BCUT2D eigenvalue weighted by molar-refractivity contribution is 7.99. The van der Waals surface area contributed by atoms with E-state index in [9.17, 15) is 4.79 Å². The van der Waals surface area contributed by atoms with E-state index >= 15 is 0 Å². The number of methoxy groups -OCH3 is 1. The minimum absolute atomic E-state index is 0.0393. The second-order valence-electron chi connectivity index (χ2n) is 4.66. The van der Waals surface area contributed by atoms with Crippen molar-refractivity contribution in [3.8, 4) is 0 Å². The van der Waals surface area contributed by atoms with Crippen molar-refractivity contribution < 1.29 is 14.3 Å². The zero-order valence-corrected chi connectivity index (χ0v) is 14.5. The Balaban J connectivity index is 2.03. The van der Waals surface area contributed by atoms with Crippen molar-refractivity contribution >= 4 is 35.0 Å². The molecule has 1 amide bonds. The highest BCUT2D eigenvalue weighted by atomic mass is 35.5. The van der Waals surface area contributed by atoms with Crippen LogP contribution in [0.15, 0.2) is 40.6 Å². The average Bonchev–Trinajstić information content (AvgIpc) is 2.92. The molecule has 0 unspecified atom stereocenters. The van der Waals surface area contributed by atoms with Crippen molar-refractivity contribution in [3.63, 3.8) is 0 Å². The van der Waals surface area contributed by atoms with Crippen LogP contribution in [0.4, 0.5) is 5.69 Å². The number of benzene rings is 1. The Morgan fingerprint density at radius 3 is 2.96 bits per heavy atom. The fourth-order valence-corrected chi connectivity index (χ4v) is 2.77. The average molecular weight is 356 g/mol. The smallest absolute Gasteiger partial charge is 0.250 e. The van der Waals surface area contributed by atoms with Crippen LogP contribution in [0.1, 0.15) is 0 Å². The largest absolute Gasteiger partial charge is 0.382 e. The van der Waals surface area contributed by atoms with E-state index in [1.807, 2.05) is 23.9 Å². The predicted octanol–water partition coefficient (Wildman–Crippen LogP) is 2.83. The van der Waals surface area contributed by atoms with E-state index in [4.69, 9.17) is 21.1 Å². The van der Waals surface area contributed by atoms with Gasteiger partial charge in [0, 0.05) is 36.5 Å². The number of halogens is 1. The van der Waals surface area contributed by atoms with Crippen LogP contribution in [-0.2, 0) is 21.3 Å². The van der Waals surface area contributed by atoms with Crippen molar-refractivity contribution in [2.24, 2.45) is 7.05 Å². The normalized spacial score (nSPS) is 10.7. The van der Waals surface area contributed by atoms with Gasteiger partial charge in [-0.2, -0.15) is 0 Å². The van der Waals surface area contributed by atoms with Gasteiger partial charge in [-0.15, -0.1) is 0 Å². The summed E-state index contributed by atoms with van der Waals surface area (Å²) in [6.45, 7) is 0.779. The molecule has 124 valence electrons. The standard InChI is InChI=1S/C15H18ClN3O3S/c1-19-6-5-17-15(19)23-13-4-3-11(16)9-12(13)18-14(20)10-22-8-7-21-2/h3-6,9H,7-8,10H2,1-2H3,(H,18,20). The SMILES string of the molecule is COCCOCC(=O)Nc1cc(Cl)ccc1Sc1nccn1C. The second kappa shape index (κ2) is 8.93. The summed E-state index contributed by atoms with van der Waals surface area (Å²) in [6, 6.07) is 5.33. The molecule has 8 heteroatoms. The molecular formula is C15H18ClN3O3S. The molecule has 0 fully saturated rings. The van der Waals surface area contributed by atoms with E-state index in [-0.39, 0.29) is 12.5 Å². The zero-order chi connectivity index (χ0) is 16.7. The van der Waals surface area contributed by atoms with Gasteiger partial charge in [-0.3, -0.25) is 4.79 Å². The lowest BCUT2D eigenvalue weighted by molar-refractivity contribution is -0.121. The minimum Gasteiger partial charge on any atom is -0.382 e. The Hall–Kier alpha value is -1.54. The summed E-state index contributed by atoms with van der Waals surface area (Å²) in [6.07, 6.45) is 3.58. The maximum Gasteiger partial charge on any atom is 0.250 e. The number of nitrogens with one attached hydrogen (secondary N) is 1. The number of carbonyl (C=O) groups is 1. The predicted molar refractivity (Wildman–Crippen MR) is 90.1 cm³/mol. The Kier molecular flexibility index (Phi) is 6.91. The van der Waals surface area contributed by atoms with Crippen molar-refractivity contribution in [2.45, 2.75) is 10.1 Å². The Bertz CT molecular complexity index is 663. The van der Waals surface area contributed by atoms with Crippen molar-refractivity contribution in [1.82, 2.24) is 9.55 Å². The van der Waals surface area contributed by atoms with E-state index in [1.54, 1.807) is 25.4 Å². The van der Waals surface area contributed by atoms with Crippen LogP contribution in [-0.4, -0.2) is 42.4 Å². The van der Waals surface area contributed by atoms with Gasteiger partial charge < -0.3 is 19.4 Å². The van der Waals surface area contributed by atoms with E-state index in [1.165, 1.54) is 11.8 Å². The highest BCUT2D eigenvalue weighted by Gasteiger charge is 2.11. The fraction of sp³-hybridized carbons (Fsp3) is 0.333. The molecule has 1 aromatic carbocycles. The van der Waals surface area contributed by atoms with E-state index in [0.717, 1.165) is 10.1 Å². The molecule has 6 nitrogen and oxygen atoms in total. The molecule has 1 heterocycles. The molecular weight excluding hydrogens is 338 g/mol. The maximum atomic E-state index is 12.0. The number of nitrogens with zero attached hydrogens (tertiary/aromatic N) is 2. The Morgan fingerprint density at radius 1 is 1.43 bits per heavy atom. The molecule has 0 saturated carbocycles. The van der Waals surface area contributed by atoms with E-state index < -0.39 is 0 Å². The third-order valence-electron chi connectivity index (χ3n) is 2.86. The van der Waals surface area contributed by atoms with Crippen LogP contribution in [0.25, 0.3) is 0 Å². The number of hydrogen-bond acceptors (Lipinski definition) is 5. The van der Waals surface area contributed by atoms with Gasteiger partial charge >= 0.3 is 0 Å². The summed E-state index contributed by atoms with van der Waals surface area (Å²) in [5, 5.41) is 4.18. The van der Waals surface area contributed by atoms with Gasteiger partial charge in [0.15, 0.2) is 5.16 Å². The first-order valence-electron chi connectivity index (χ1n) is 6.91. The van der Waals surface area contributed by atoms with E-state index in [2.05, 4.69) is 10.3 Å². The molecule has 0 saturated heterocycles. The summed E-state index contributed by atoms with van der Waals surface area (Å²) >= 11 is 7.48.